The summed E-state index contributed by atoms with van der Waals surface area (Å²) in [6.07, 6.45) is 4.74. The lowest BCUT2D eigenvalue weighted by Crippen LogP contribution is -2.03. The number of aromatic nitrogens is 3. The van der Waals surface area contributed by atoms with Crippen LogP contribution in [0.5, 0.6) is 0 Å². The highest BCUT2D eigenvalue weighted by molar-refractivity contribution is 9.10. The van der Waals surface area contributed by atoms with Gasteiger partial charge < -0.3 is 10.4 Å². The van der Waals surface area contributed by atoms with Crippen molar-refractivity contribution in [1.82, 2.24) is 14.6 Å². The predicted octanol–water partition coefficient (Wildman–Crippen LogP) is 2.07. The van der Waals surface area contributed by atoms with Gasteiger partial charge >= 0.3 is 0 Å². The molecule has 0 bridgehead atoms. The molecule has 0 aliphatic heterocycles. The van der Waals surface area contributed by atoms with Crippen LogP contribution >= 0.6 is 15.9 Å². The lowest BCUT2D eigenvalue weighted by atomic mass is 10.2. The lowest BCUT2D eigenvalue weighted by molar-refractivity contribution is 0.283. The Morgan fingerprint density at radius 1 is 1.35 bits per heavy atom. The maximum Gasteiger partial charge on any atom is 0.243 e. The Morgan fingerprint density at radius 3 is 3.00 bits per heavy atom. The Kier molecular flexibility index (Phi) is 4.33. The Morgan fingerprint density at radius 2 is 2.24 bits per heavy atom. The third-order valence-corrected chi connectivity index (χ3v) is 3.05. The van der Waals surface area contributed by atoms with Crippen LogP contribution in [0.1, 0.15) is 19.3 Å². The molecule has 0 atom stereocenters. The Balaban J connectivity index is 1.93. The van der Waals surface area contributed by atoms with Crippen molar-refractivity contribution in [3.8, 4) is 0 Å². The van der Waals surface area contributed by atoms with E-state index >= 15 is 0 Å². The van der Waals surface area contributed by atoms with E-state index in [4.69, 9.17) is 5.11 Å². The number of aliphatic hydroxyl groups excluding tert-OH is 1. The highest BCUT2D eigenvalue weighted by Gasteiger charge is 2.04. The van der Waals surface area contributed by atoms with Gasteiger partial charge in [-0.15, -0.1) is 5.10 Å². The molecule has 0 radical (unpaired) electrons. The van der Waals surface area contributed by atoms with Crippen molar-refractivity contribution in [3.05, 3.63) is 22.8 Å². The fourth-order valence-corrected chi connectivity index (χ4v) is 1.99. The number of nitrogens with one attached hydrogen (secondary N) is 1. The number of anilines is 1. The smallest absolute Gasteiger partial charge is 0.243 e. The molecule has 2 rings (SSSR count). The first-order valence-corrected chi connectivity index (χ1v) is 6.46. The standard InChI is InChI=1S/C11H15BrN4O/c12-9-5-4-7-16-10(9)14-11(15-16)13-6-2-1-3-8-17/h4-5,7,17H,1-3,6,8H2,(H,13,15). The fourth-order valence-electron chi connectivity index (χ4n) is 1.56. The van der Waals surface area contributed by atoms with E-state index in [9.17, 15) is 0 Å². The maximum atomic E-state index is 8.65. The molecule has 6 heteroatoms. The molecule has 17 heavy (non-hydrogen) atoms. The van der Waals surface area contributed by atoms with Gasteiger partial charge in [-0.25, -0.2) is 4.52 Å². The summed E-state index contributed by atoms with van der Waals surface area (Å²) in [5, 5.41) is 16.1. The molecule has 2 aromatic heterocycles. The summed E-state index contributed by atoms with van der Waals surface area (Å²) in [6, 6.07) is 3.85. The number of unbranched alkanes of at least 4 members (excludes halogenated alkanes) is 2. The molecule has 0 aromatic carbocycles. The highest BCUT2D eigenvalue weighted by Crippen LogP contribution is 2.16. The normalized spacial score (nSPS) is 10.9. The molecule has 0 amide bonds. The Hall–Kier alpha value is -1.14. The number of aliphatic hydroxyl groups is 1. The number of hydrogen-bond acceptors (Lipinski definition) is 4. The molecule has 0 aliphatic rings. The van der Waals surface area contributed by atoms with E-state index in [0.717, 1.165) is 35.9 Å². The van der Waals surface area contributed by atoms with Crippen molar-refractivity contribution < 1.29 is 5.11 Å². The minimum Gasteiger partial charge on any atom is -0.396 e. The van der Waals surface area contributed by atoms with Gasteiger partial charge in [0.25, 0.3) is 0 Å². The van der Waals surface area contributed by atoms with Crippen LogP contribution in [0, 0.1) is 0 Å². The van der Waals surface area contributed by atoms with E-state index in [1.165, 1.54) is 0 Å². The number of rotatable bonds is 6. The zero-order valence-electron chi connectivity index (χ0n) is 9.43. The van der Waals surface area contributed by atoms with Gasteiger partial charge in [0.05, 0.1) is 4.47 Å². The summed E-state index contributed by atoms with van der Waals surface area (Å²) in [4.78, 5) is 4.37. The first-order chi connectivity index (χ1) is 8.31. The summed E-state index contributed by atoms with van der Waals surface area (Å²) in [5.41, 5.74) is 0.811. The monoisotopic (exact) mass is 298 g/mol. The molecular weight excluding hydrogens is 284 g/mol. The van der Waals surface area contributed by atoms with E-state index in [0.29, 0.717) is 5.95 Å². The molecule has 0 saturated heterocycles. The van der Waals surface area contributed by atoms with Gasteiger partial charge in [-0.2, -0.15) is 4.98 Å². The molecule has 2 aromatic rings. The number of nitrogens with zero attached hydrogens (tertiary/aromatic N) is 3. The lowest BCUT2D eigenvalue weighted by Gasteiger charge is -1.99. The quantitative estimate of drug-likeness (QED) is 0.802. The molecule has 0 aliphatic carbocycles. The molecule has 2 heterocycles. The van der Waals surface area contributed by atoms with Crippen LogP contribution in [0.3, 0.4) is 0 Å². The van der Waals surface area contributed by atoms with Crippen LogP contribution in [0.2, 0.25) is 0 Å². The van der Waals surface area contributed by atoms with Crippen LogP contribution in [0.25, 0.3) is 5.65 Å². The van der Waals surface area contributed by atoms with Crippen LogP contribution in [0.15, 0.2) is 22.8 Å². The van der Waals surface area contributed by atoms with Gasteiger partial charge in [-0.1, -0.05) is 0 Å². The van der Waals surface area contributed by atoms with Crippen molar-refractivity contribution >= 4 is 27.5 Å². The molecule has 5 nitrogen and oxygen atoms in total. The molecule has 0 fully saturated rings. The van der Waals surface area contributed by atoms with E-state index in [1.807, 2.05) is 18.3 Å². The van der Waals surface area contributed by atoms with Crippen LogP contribution in [0.4, 0.5) is 5.95 Å². The zero-order valence-corrected chi connectivity index (χ0v) is 11.0. The SMILES string of the molecule is OCCCCCNc1nc2c(Br)cccn2n1. The Labute approximate surface area is 108 Å². The van der Waals surface area contributed by atoms with Crippen molar-refractivity contribution in [2.75, 3.05) is 18.5 Å². The molecular formula is C11H15BrN4O. The molecule has 2 N–H and O–H groups in total. The van der Waals surface area contributed by atoms with Crippen molar-refractivity contribution in [1.29, 1.82) is 0 Å². The second-order valence-corrected chi connectivity index (χ2v) is 4.63. The van der Waals surface area contributed by atoms with Crippen LogP contribution in [-0.4, -0.2) is 32.9 Å². The van der Waals surface area contributed by atoms with Gasteiger partial charge in [0, 0.05) is 19.3 Å². The largest absolute Gasteiger partial charge is 0.396 e. The molecule has 0 spiro atoms. The van der Waals surface area contributed by atoms with Gasteiger partial charge in [0.2, 0.25) is 5.95 Å². The minimum atomic E-state index is 0.263. The number of hydrogen-bond donors (Lipinski definition) is 2. The van der Waals surface area contributed by atoms with E-state index in [1.54, 1.807) is 4.52 Å². The van der Waals surface area contributed by atoms with Crippen molar-refractivity contribution in [2.24, 2.45) is 0 Å². The summed E-state index contributed by atoms with van der Waals surface area (Å²) in [7, 11) is 0. The van der Waals surface area contributed by atoms with Crippen LogP contribution in [-0.2, 0) is 0 Å². The van der Waals surface area contributed by atoms with E-state index < -0.39 is 0 Å². The number of pyridine rings is 1. The zero-order chi connectivity index (χ0) is 12.1. The van der Waals surface area contributed by atoms with Gasteiger partial charge in [-0.05, 0) is 47.3 Å². The van der Waals surface area contributed by atoms with Crippen LogP contribution < -0.4 is 5.32 Å². The van der Waals surface area contributed by atoms with E-state index in [2.05, 4.69) is 31.3 Å². The van der Waals surface area contributed by atoms with Crippen molar-refractivity contribution in [2.45, 2.75) is 19.3 Å². The third-order valence-electron chi connectivity index (χ3n) is 2.43. The average molecular weight is 299 g/mol. The van der Waals surface area contributed by atoms with E-state index in [-0.39, 0.29) is 6.61 Å². The average Bonchev–Trinajstić information content (AvgIpc) is 2.73. The summed E-state index contributed by atoms with van der Waals surface area (Å²) in [5.74, 6) is 0.640. The summed E-state index contributed by atoms with van der Waals surface area (Å²) < 4.78 is 2.67. The molecule has 92 valence electrons. The third kappa shape index (κ3) is 3.17. The molecule has 0 saturated carbocycles. The second-order valence-electron chi connectivity index (χ2n) is 3.77. The highest BCUT2D eigenvalue weighted by atomic mass is 79.9. The minimum absolute atomic E-state index is 0.263. The second kappa shape index (κ2) is 5.97. The maximum absolute atomic E-state index is 8.65. The van der Waals surface area contributed by atoms with Crippen molar-refractivity contribution in [3.63, 3.8) is 0 Å². The Bertz CT molecular complexity index is 485. The fraction of sp³-hybridized carbons (Fsp3) is 0.455. The predicted molar refractivity (Wildman–Crippen MR) is 70.1 cm³/mol. The summed E-state index contributed by atoms with van der Waals surface area (Å²) in [6.45, 7) is 1.09. The van der Waals surface area contributed by atoms with Gasteiger partial charge in [0.1, 0.15) is 0 Å². The van der Waals surface area contributed by atoms with Gasteiger partial charge in [0.15, 0.2) is 5.65 Å². The first kappa shape index (κ1) is 12.3. The first-order valence-electron chi connectivity index (χ1n) is 5.67. The topological polar surface area (TPSA) is 62.5 Å². The van der Waals surface area contributed by atoms with Gasteiger partial charge in [-0.3, -0.25) is 0 Å². The summed E-state index contributed by atoms with van der Waals surface area (Å²) >= 11 is 3.43. The molecule has 0 unspecified atom stereocenters. The number of fused-ring (bicyclic) bond motifs is 1. The number of halogens is 1.